The van der Waals surface area contributed by atoms with E-state index >= 15 is 0 Å². The van der Waals surface area contributed by atoms with Crippen molar-refractivity contribution in [3.05, 3.63) is 57.9 Å². The second kappa shape index (κ2) is 7.24. The molecule has 0 amide bonds. The Labute approximate surface area is 157 Å². The number of aliphatic carboxylic acids is 1. The van der Waals surface area contributed by atoms with Crippen LogP contribution < -0.4 is 4.74 Å². The maximum absolute atomic E-state index is 14.3. The smallest absolute Gasteiger partial charge is 0.345 e. The van der Waals surface area contributed by atoms with Gasteiger partial charge in [0, 0.05) is 30.0 Å². The van der Waals surface area contributed by atoms with Crippen LogP contribution in [-0.2, 0) is 20.8 Å². The van der Waals surface area contributed by atoms with Gasteiger partial charge in [0.25, 0.3) is 0 Å². The molecule has 0 aliphatic carbocycles. The third kappa shape index (κ3) is 3.56. The highest BCUT2D eigenvalue weighted by atomic mass is 35.5. The number of rotatable bonds is 4. The molecule has 0 saturated heterocycles. The lowest BCUT2D eigenvalue weighted by atomic mass is 9.97. The fraction of sp³-hybridized carbons (Fsp3) is 0.167. The number of phenolic OH excluding ortho intramolecular Hbond substituents is 1. The van der Waals surface area contributed by atoms with Crippen LogP contribution in [0.1, 0.15) is 23.6 Å². The molecule has 0 spiro atoms. The first-order valence-electron chi connectivity index (χ1n) is 7.74. The molecule has 0 radical (unpaired) electrons. The second-order valence-electron chi connectivity index (χ2n) is 5.73. The number of hydrogen-bond acceptors (Lipinski definition) is 6. The van der Waals surface area contributed by atoms with Gasteiger partial charge in [0.1, 0.15) is 28.1 Å². The van der Waals surface area contributed by atoms with Crippen molar-refractivity contribution in [2.45, 2.75) is 19.4 Å². The lowest BCUT2D eigenvalue weighted by Crippen LogP contribution is -2.24. The molecule has 2 N–H and O–H groups in total. The molecule has 0 fully saturated rings. The molecular formula is C18H13ClFNO6. The van der Waals surface area contributed by atoms with Crippen LogP contribution in [0.5, 0.6) is 11.5 Å². The Morgan fingerprint density at radius 3 is 2.67 bits per heavy atom. The predicted molar refractivity (Wildman–Crippen MR) is 92.7 cm³/mol. The minimum Gasteiger partial charge on any atom is -0.506 e. The summed E-state index contributed by atoms with van der Waals surface area (Å²) in [7, 11) is 0. The van der Waals surface area contributed by atoms with E-state index in [0.29, 0.717) is 5.56 Å². The minimum absolute atomic E-state index is 0.00418. The van der Waals surface area contributed by atoms with Gasteiger partial charge in [0.2, 0.25) is 0 Å². The van der Waals surface area contributed by atoms with Crippen LogP contribution in [0.15, 0.2) is 35.5 Å². The van der Waals surface area contributed by atoms with Gasteiger partial charge in [0.05, 0.1) is 0 Å². The molecule has 1 aliphatic heterocycles. The van der Waals surface area contributed by atoms with Gasteiger partial charge in [0.15, 0.2) is 6.10 Å². The highest BCUT2D eigenvalue weighted by molar-refractivity contribution is 6.35. The van der Waals surface area contributed by atoms with Gasteiger partial charge in [-0.3, -0.25) is 0 Å². The topological polar surface area (TPSA) is 105 Å². The quantitative estimate of drug-likeness (QED) is 0.470. The number of carboxylic acid groups (broad SMARTS) is 1. The number of oxime groups is 1. The maximum atomic E-state index is 14.3. The average molecular weight is 394 g/mol. The van der Waals surface area contributed by atoms with Crippen molar-refractivity contribution in [1.82, 2.24) is 0 Å². The zero-order valence-electron chi connectivity index (χ0n) is 13.9. The number of nitrogens with zero attached hydrogens (tertiary/aromatic N) is 1. The van der Waals surface area contributed by atoms with Crippen molar-refractivity contribution >= 4 is 29.3 Å². The summed E-state index contributed by atoms with van der Waals surface area (Å²) in [4.78, 5) is 27.0. The Bertz CT molecular complexity index is 975. The lowest BCUT2D eigenvalue weighted by molar-refractivity contribution is -0.144. The molecule has 0 aromatic heterocycles. The minimum atomic E-state index is -1.19. The first-order chi connectivity index (χ1) is 12.8. The van der Waals surface area contributed by atoms with Crippen LogP contribution in [0.25, 0.3) is 0 Å². The number of phenols is 1. The van der Waals surface area contributed by atoms with Crippen LogP contribution in [0.4, 0.5) is 4.39 Å². The Morgan fingerprint density at radius 2 is 2.04 bits per heavy atom. The SMILES string of the molecule is CC(=O)O/N=C(/c1ccccc1F)c1cc2c(c(Cl)c1O)OC(C(=O)O)C2. The summed E-state index contributed by atoms with van der Waals surface area (Å²) in [5.41, 5.74) is 0.148. The molecule has 140 valence electrons. The number of fused-ring (bicyclic) bond motifs is 1. The third-order valence-electron chi connectivity index (χ3n) is 3.86. The molecule has 1 unspecified atom stereocenters. The summed E-state index contributed by atoms with van der Waals surface area (Å²) >= 11 is 6.12. The van der Waals surface area contributed by atoms with E-state index in [1.165, 1.54) is 30.3 Å². The van der Waals surface area contributed by atoms with E-state index in [1.807, 2.05) is 0 Å². The second-order valence-corrected chi connectivity index (χ2v) is 6.10. The van der Waals surface area contributed by atoms with E-state index in [4.69, 9.17) is 21.4 Å². The normalized spacial score (nSPS) is 15.8. The highest BCUT2D eigenvalue weighted by Gasteiger charge is 2.34. The van der Waals surface area contributed by atoms with E-state index in [2.05, 4.69) is 9.99 Å². The Kier molecular flexibility index (Phi) is 5.00. The van der Waals surface area contributed by atoms with Gasteiger partial charge in [-0.05, 0) is 18.2 Å². The van der Waals surface area contributed by atoms with E-state index in [0.717, 1.165) is 6.92 Å². The van der Waals surface area contributed by atoms with E-state index in [1.54, 1.807) is 0 Å². The van der Waals surface area contributed by atoms with Crippen LogP contribution in [0, 0.1) is 5.82 Å². The molecule has 2 aromatic rings. The number of carbonyl (C=O) groups excluding carboxylic acids is 1. The molecule has 1 aliphatic rings. The van der Waals surface area contributed by atoms with Gasteiger partial charge < -0.3 is 19.8 Å². The fourth-order valence-electron chi connectivity index (χ4n) is 2.66. The summed E-state index contributed by atoms with van der Waals surface area (Å²) in [6, 6.07) is 6.94. The van der Waals surface area contributed by atoms with Crippen LogP contribution in [-0.4, -0.2) is 34.0 Å². The number of hydrogen-bond donors (Lipinski definition) is 2. The Hall–Kier alpha value is -3.13. The molecule has 27 heavy (non-hydrogen) atoms. The van der Waals surface area contributed by atoms with Crippen molar-refractivity contribution in [1.29, 1.82) is 0 Å². The number of halogens is 2. The van der Waals surface area contributed by atoms with Gasteiger partial charge >= 0.3 is 11.9 Å². The van der Waals surface area contributed by atoms with Crippen molar-refractivity contribution in [2.24, 2.45) is 5.16 Å². The number of carbonyl (C=O) groups is 2. The molecule has 9 heteroatoms. The van der Waals surface area contributed by atoms with Gasteiger partial charge in [-0.25, -0.2) is 14.0 Å². The monoisotopic (exact) mass is 393 g/mol. The predicted octanol–water partition coefficient (Wildman–Crippen LogP) is 2.89. The largest absolute Gasteiger partial charge is 0.506 e. The number of benzene rings is 2. The van der Waals surface area contributed by atoms with Crippen LogP contribution in [0.2, 0.25) is 5.02 Å². The molecule has 0 bridgehead atoms. The Morgan fingerprint density at radius 1 is 1.33 bits per heavy atom. The van der Waals surface area contributed by atoms with E-state index < -0.39 is 29.6 Å². The van der Waals surface area contributed by atoms with E-state index in [9.17, 15) is 19.1 Å². The van der Waals surface area contributed by atoms with Crippen LogP contribution >= 0.6 is 11.6 Å². The zero-order chi connectivity index (χ0) is 19.7. The molecule has 1 atom stereocenters. The summed E-state index contributed by atoms with van der Waals surface area (Å²) in [5, 5.41) is 23.0. The number of aromatic hydroxyl groups is 1. The van der Waals surface area contributed by atoms with Gasteiger partial charge in [-0.1, -0.05) is 28.9 Å². The van der Waals surface area contributed by atoms with Crippen molar-refractivity contribution < 1.29 is 33.8 Å². The lowest BCUT2D eigenvalue weighted by Gasteiger charge is -2.13. The third-order valence-corrected chi connectivity index (χ3v) is 4.21. The van der Waals surface area contributed by atoms with E-state index in [-0.39, 0.29) is 34.0 Å². The number of carboxylic acids is 1. The summed E-state index contributed by atoms with van der Waals surface area (Å²) < 4.78 is 19.5. The summed E-state index contributed by atoms with van der Waals surface area (Å²) in [6.45, 7) is 1.11. The van der Waals surface area contributed by atoms with Crippen molar-refractivity contribution in [2.75, 3.05) is 0 Å². The van der Waals surface area contributed by atoms with Crippen molar-refractivity contribution in [3.8, 4) is 11.5 Å². The number of ether oxygens (including phenoxy) is 1. The molecule has 0 saturated carbocycles. The molecular weight excluding hydrogens is 381 g/mol. The van der Waals surface area contributed by atoms with Crippen molar-refractivity contribution in [3.63, 3.8) is 0 Å². The summed E-state index contributed by atoms with van der Waals surface area (Å²) in [6.07, 6.45) is -1.16. The molecule has 1 heterocycles. The Balaban J connectivity index is 2.17. The zero-order valence-corrected chi connectivity index (χ0v) is 14.7. The first-order valence-corrected chi connectivity index (χ1v) is 8.12. The fourth-order valence-corrected chi connectivity index (χ4v) is 2.93. The molecule has 3 rings (SSSR count). The van der Waals surface area contributed by atoms with Gasteiger partial charge in [-0.15, -0.1) is 0 Å². The maximum Gasteiger partial charge on any atom is 0.345 e. The van der Waals surface area contributed by atoms with Gasteiger partial charge in [-0.2, -0.15) is 0 Å². The average Bonchev–Trinajstić information content (AvgIpc) is 3.05. The first kappa shape index (κ1) is 18.7. The standard InChI is InChI=1S/C18H13ClFNO6/c1-8(22)27-21-15(10-4-2-3-5-12(10)20)11-6-9-7-13(18(24)25)26-17(9)14(19)16(11)23/h2-6,13,23H,7H2,1H3,(H,24,25)/b21-15-. The summed E-state index contributed by atoms with van der Waals surface area (Å²) in [5.74, 6) is -3.07. The highest BCUT2D eigenvalue weighted by Crippen LogP contribution is 2.44. The molecule has 2 aromatic carbocycles. The molecule has 7 nitrogen and oxygen atoms in total. The van der Waals surface area contributed by atoms with Crippen LogP contribution in [0.3, 0.4) is 0 Å².